The van der Waals surface area contributed by atoms with Crippen molar-refractivity contribution in [3.05, 3.63) is 29.8 Å². The summed E-state index contributed by atoms with van der Waals surface area (Å²) in [5.41, 5.74) is 7.60. The molecule has 1 fully saturated rings. The van der Waals surface area contributed by atoms with Gasteiger partial charge in [-0.25, -0.2) is 0 Å². The van der Waals surface area contributed by atoms with Crippen molar-refractivity contribution in [1.82, 2.24) is 4.90 Å². The molecule has 114 valence electrons. The van der Waals surface area contributed by atoms with Crippen LogP contribution in [0, 0.1) is 12.3 Å². The summed E-state index contributed by atoms with van der Waals surface area (Å²) in [5, 5.41) is 0. The Morgan fingerprint density at radius 2 is 2.15 bits per heavy atom. The summed E-state index contributed by atoms with van der Waals surface area (Å²) in [5.74, 6) is 0.966. The van der Waals surface area contributed by atoms with Crippen LogP contribution in [0.2, 0.25) is 0 Å². The van der Waals surface area contributed by atoms with Gasteiger partial charge in [-0.1, -0.05) is 26.0 Å². The van der Waals surface area contributed by atoms with E-state index in [1.807, 2.05) is 12.1 Å². The molecule has 0 radical (unpaired) electrons. The third-order valence-corrected chi connectivity index (χ3v) is 4.06. The average molecular weight is 299 g/mol. The number of ether oxygens (including phenoxy) is 1. The molecular weight excluding hydrogens is 272 g/mol. The maximum absolute atomic E-state index is 6.15. The monoisotopic (exact) mass is 298 g/mol. The highest BCUT2D eigenvalue weighted by molar-refractivity contribution is 5.85. The minimum absolute atomic E-state index is 0. The number of piperidine rings is 1. The van der Waals surface area contributed by atoms with Crippen LogP contribution >= 0.6 is 12.4 Å². The second kappa shape index (κ2) is 7.30. The smallest absolute Gasteiger partial charge is 0.119 e. The molecule has 1 aromatic carbocycles. The number of aryl methyl sites for hydroxylation is 1. The van der Waals surface area contributed by atoms with Crippen LogP contribution in [0.5, 0.6) is 5.75 Å². The van der Waals surface area contributed by atoms with E-state index in [2.05, 4.69) is 37.8 Å². The van der Waals surface area contributed by atoms with Crippen molar-refractivity contribution in [2.45, 2.75) is 33.2 Å². The van der Waals surface area contributed by atoms with Gasteiger partial charge in [-0.3, -0.25) is 4.90 Å². The third-order valence-electron chi connectivity index (χ3n) is 4.06. The van der Waals surface area contributed by atoms with E-state index in [4.69, 9.17) is 10.5 Å². The van der Waals surface area contributed by atoms with Crippen LogP contribution < -0.4 is 10.5 Å². The fourth-order valence-corrected chi connectivity index (χ4v) is 2.67. The molecule has 0 spiro atoms. The molecule has 1 aromatic rings. The number of rotatable bonds is 4. The lowest BCUT2D eigenvalue weighted by atomic mass is 9.80. The molecule has 0 amide bonds. The summed E-state index contributed by atoms with van der Waals surface area (Å²) in [7, 11) is 0. The van der Waals surface area contributed by atoms with Gasteiger partial charge in [-0.05, 0) is 43.0 Å². The van der Waals surface area contributed by atoms with Crippen LogP contribution in [0.15, 0.2) is 24.3 Å². The zero-order valence-electron chi connectivity index (χ0n) is 12.8. The van der Waals surface area contributed by atoms with Crippen LogP contribution in [-0.2, 0) is 0 Å². The molecule has 1 aliphatic heterocycles. The molecule has 0 saturated carbocycles. The Labute approximate surface area is 128 Å². The van der Waals surface area contributed by atoms with Gasteiger partial charge in [0, 0.05) is 19.1 Å². The van der Waals surface area contributed by atoms with E-state index < -0.39 is 0 Å². The molecule has 0 aromatic heterocycles. The highest BCUT2D eigenvalue weighted by Crippen LogP contribution is 2.27. The second-order valence-corrected chi connectivity index (χ2v) is 6.32. The third kappa shape index (κ3) is 4.65. The van der Waals surface area contributed by atoms with Crippen molar-refractivity contribution >= 4 is 12.4 Å². The zero-order valence-corrected chi connectivity index (χ0v) is 13.6. The Morgan fingerprint density at radius 1 is 1.40 bits per heavy atom. The minimum Gasteiger partial charge on any atom is -0.492 e. The molecule has 0 aliphatic carbocycles. The summed E-state index contributed by atoms with van der Waals surface area (Å²) in [6, 6.07) is 8.54. The van der Waals surface area contributed by atoms with Gasteiger partial charge < -0.3 is 10.5 Å². The standard InChI is InChI=1S/C16H26N2O.ClH/c1-13-5-4-6-14(11-13)19-10-9-18-8-7-15(17)16(2,3)12-18;/h4-6,11,15H,7-10,12,17H2,1-3H3;1H. The number of likely N-dealkylation sites (tertiary alicyclic amines) is 1. The molecule has 1 atom stereocenters. The van der Waals surface area contributed by atoms with Gasteiger partial charge in [0.15, 0.2) is 0 Å². The lowest BCUT2D eigenvalue weighted by Gasteiger charge is -2.42. The first kappa shape index (κ1) is 17.3. The van der Waals surface area contributed by atoms with Gasteiger partial charge in [-0.2, -0.15) is 0 Å². The van der Waals surface area contributed by atoms with E-state index in [1.165, 1.54) is 5.56 Å². The van der Waals surface area contributed by atoms with Crippen LogP contribution in [0.4, 0.5) is 0 Å². The van der Waals surface area contributed by atoms with Gasteiger partial charge in [0.05, 0.1) is 0 Å². The van der Waals surface area contributed by atoms with Crippen LogP contribution in [0.3, 0.4) is 0 Å². The summed E-state index contributed by atoms with van der Waals surface area (Å²) in [4.78, 5) is 2.46. The van der Waals surface area contributed by atoms with E-state index in [0.717, 1.165) is 38.4 Å². The summed E-state index contributed by atoms with van der Waals surface area (Å²) < 4.78 is 5.81. The van der Waals surface area contributed by atoms with Crippen molar-refractivity contribution in [2.75, 3.05) is 26.2 Å². The second-order valence-electron chi connectivity index (χ2n) is 6.32. The van der Waals surface area contributed by atoms with Crippen LogP contribution in [0.1, 0.15) is 25.8 Å². The number of hydrogen-bond acceptors (Lipinski definition) is 3. The molecular formula is C16H27ClN2O. The molecule has 1 aliphatic rings. The molecule has 1 heterocycles. The predicted molar refractivity (Wildman–Crippen MR) is 86.7 cm³/mol. The van der Waals surface area contributed by atoms with Crippen LogP contribution in [-0.4, -0.2) is 37.2 Å². The molecule has 2 N–H and O–H groups in total. The van der Waals surface area contributed by atoms with E-state index >= 15 is 0 Å². The molecule has 1 saturated heterocycles. The van der Waals surface area contributed by atoms with Crippen molar-refractivity contribution < 1.29 is 4.74 Å². The number of hydrogen-bond donors (Lipinski definition) is 1. The van der Waals surface area contributed by atoms with Crippen molar-refractivity contribution in [3.63, 3.8) is 0 Å². The van der Waals surface area contributed by atoms with Gasteiger partial charge >= 0.3 is 0 Å². The van der Waals surface area contributed by atoms with E-state index in [9.17, 15) is 0 Å². The number of benzene rings is 1. The average Bonchev–Trinajstić information content (AvgIpc) is 2.33. The number of halogens is 1. The normalized spacial score (nSPS) is 22.1. The van der Waals surface area contributed by atoms with Gasteiger partial charge in [0.1, 0.15) is 12.4 Å². The Bertz CT molecular complexity index is 423. The van der Waals surface area contributed by atoms with Crippen molar-refractivity contribution in [1.29, 1.82) is 0 Å². The maximum Gasteiger partial charge on any atom is 0.119 e. The largest absolute Gasteiger partial charge is 0.492 e. The van der Waals surface area contributed by atoms with E-state index in [1.54, 1.807) is 0 Å². The van der Waals surface area contributed by atoms with Gasteiger partial charge in [0.25, 0.3) is 0 Å². The molecule has 3 nitrogen and oxygen atoms in total. The summed E-state index contributed by atoms with van der Waals surface area (Å²) in [6.45, 7) is 10.5. The first-order valence-electron chi connectivity index (χ1n) is 7.15. The van der Waals surface area contributed by atoms with E-state index in [-0.39, 0.29) is 17.8 Å². The predicted octanol–water partition coefficient (Wildman–Crippen LogP) is 2.85. The number of nitrogens with two attached hydrogens (primary N) is 1. The molecule has 1 unspecified atom stereocenters. The van der Waals surface area contributed by atoms with Crippen LogP contribution in [0.25, 0.3) is 0 Å². The SMILES string of the molecule is Cc1cccc(OCCN2CCC(N)C(C)(C)C2)c1.Cl. The van der Waals surface area contributed by atoms with Crippen molar-refractivity contribution in [2.24, 2.45) is 11.1 Å². The zero-order chi connectivity index (χ0) is 13.9. The Balaban J connectivity index is 0.00000200. The molecule has 2 rings (SSSR count). The van der Waals surface area contributed by atoms with Crippen molar-refractivity contribution in [3.8, 4) is 5.75 Å². The fraction of sp³-hybridized carbons (Fsp3) is 0.625. The molecule has 4 heteroatoms. The minimum atomic E-state index is 0. The maximum atomic E-state index is 6.15. The topological polar surface area (TPSA) is 38.5 Å². The van der Waals surface area contributed by atoms with Gasteiger partial charge in [0.2, 0.25) is 0 Å². The highest BCUT2D eigenvalue weighted by atomic mass is 35.5. The first-order valence-corrected chi connectivity index (χ1v) is 7.15. The number of nitrogens with zero attached hydrogens (tertiary/aromatic N) is 1. The quantitative estimate of drug-likeness (QED) is 0.929. The Kier molecular flexibility index (Phi) is 6.31. The fourth-order valence-electron chi connectivity index (χ4n) is 2.67. The van der Waals surface area contributed by atoms with E-state index in [0.29, 0.717) is 6.04 Å². The van der Waals surface area contributed by atoms with Gasteiger partial charge in [-0.15, -0.1) is 12.4 Å². The first-order chi connectivity index (χ1) is 8.97. The molecule has 0 bridgehead atoms. The Morgan fingerprint density at radius 3 is 2.80 bits per heavy atom. The molecule has 20 heavy (non-hydrogen) atoms. The lowest BCUT2D eigenvalue weighted by molar-refractivity contribution is 0.0831. The summed E-state index contributed by atoms with van der Waals surface area (Å²) in [6.07, 6.45) is 1.08. The summed E-state index contributed by atoms with van der Waals surface area (Å²) >= 11 is 0. The highest BCUT2D eigenvalue weighted by Gasteiger charge is 2.32. The Hall–Kier alpha value is -0.770. The lowest BCUT2D eigenvalue weighted by Crippen LogP contribution is -2.53.